The molecule has 7 heteroatoms. The second-order valence-electron chi connectivity index (χ2n) is 4.94. The Morgan fingerprint density at radius 2 is 2.05 bits per heavy atom. The van der Waals surface area contributed by atoms with E-state index in [1.54, 1.807) is 12.1 Å². The van der Waals surface area contributed by atoms with Crippen LogP contribution >= 0.6 is 15.9 Å². The molecule has 0 radical (unpaired) electrons. The number of benzene rings is 1. The number of carbonyl (C=O) groups excluding carboxylic acids is 1. The molecule has 0 saturated heterocycles. The van der Waals surface area contributed by atoms with Crippen molar-refractivity contribution in [1.82, 2.24) is 10.0 Å². The molecule has 1 atom stereocenters. The highest BCUT2D eigenvalue weighted by Crippen LogP contribution is 2.19. The molecule has 1 amide bonds. The van der Waals surface area contributed by atoms with Gasteiger partial charge in [-0.2, -0.15) is 0 Å². The van der Waals surface area contributed by atoms with Gasteiger partial charge in [0.05, 0.1) is 4.90 Å². The zero-order valence-electron chi connectivity index (χ0n) is 12.4. The van der Waals surface area contributed by atoms with Crippen LogP contribution in [0.15, 0.2) is 27.6 Å². The summed E-state index contributed by atoms with van der Waals surface area (Å²) in [5, 5.41) is 2.79. The minimum Gasteiger partial charge on any atom is -0.354 e. The summed E-state index contributed by atoms with van der Waals surface area (Å²) in [6.07, 6.45) is 0.967. The molecule has 1 unspecified atom stereocenters. The molecule has 2 N–H and O–H groups in total. The van der Waals surface area contributed by atoms with Crippen molar-refractivity contribution in [1.29, 1.82) is 0 Å². The van der Waals surface area contributed by atoms with Gasteiger partial charge in [-0.3, -0.25) is 4.79 Å². The minimum atomic E-state index is -3.58. The van der Waals surface area contributed by atoms with Gasteiger partial charge < -0.3 is 5.32 Å². The zero-order chi connectivity index (χ0) is 16.0. The Morgan fingerprint density at radius 3 is 2.62 bits per heavy atom. The van der Waals surface area contributed by atoms with Gasteiger partial charge in [0.1, 0.15) is 0 Å². The average Bonchev–Trinajstić information content (AvgIpc) is 2.41. The Kier molecular flexibility index (Phi) is 6.83. The van der Waals surface area contributed by atoms with E-state index in [0.717, 1.165) is 16.5 Å². The van der Waals surface area contributed by atoms with E-state index in [1.807, 2.05) is 20.8 Å². The molecule has 0 aliphatic rings. The third kappa shape index (κ3) is 5.76. The highest BCUT2D eigenvalue weighted by Gasteiger charge is 2.15. The van der Waals surface area contributed by atoms with Gasteiger partial charge in [0.25, 0.3) is 0 Å². The fourth-order valence-corrected chi connectivity index (χ4v) is 2.98. The number of amides is 1. The number of hydrogen-bond donors (Lipinski definition) is 2. The predicted molar refractivity (Wildman–Crippen MR) is 86.6 cm³/mol. The van der Waals surface area contributed by atoms with E-state index >= 15 is 0 Å². The third-order valence-corrected chi connectivity index (χ3v) is 5.45. The lowest BCUT2D eigenvalue weighted by atomic mass is 10.2. The Bertz CT molecular complexity index is 602. The van der Waals surface area contributed by atoms with E-state index in [9.17, 15) is 13.2 Å². The fourth-order valence-electron chi connectivity index (χ4n) is 1.62. The van der Waals surface area contributed by atoms with Crippen LogP contribution in [0.3, 0.4) is 0 Å². The fraction of sp³-hybridized carbons (Fsp3) is 0.500. The molecule has 118 valence electrons. The van der Waals surface area contributed by atoms with E-state index in [0.29, 0.717) is 0 Å². The summed E-state index contributed by atoms with van der Waals surface area (Å²) in [4.78, 5) is 11.8. The number of sulfonamides is 1. The first-order chi connectivity index (χ1) is 9.76. The van der Waals surface area contributed by atoms with Crippen molar-refractivity contribution < 1.29 is 13.2 Å². The average molecular weight is 377 g/mol. The summed E-state index contributed by atoms with van der Waals surface area (Å²) in [7, 11) is -3.58. The smallest absolute Gasteiger partial charge is 0.240 e. The molecular formula is C14H21BrN2O3S. The molecule has 0 aliphatic carbocycles. The number of nitrogens with one attached hydrogen (secondary N) is 2. The van der Waals surface area contributed by atoms with E-state index in [-0.39, 0.29) is 29.8 Å². The van der Waals surface area contributed by atoms with E-state index in [1.165, 1.54) is 6.07 Å². The number of rotatable bonds is 7. The number of hydrogen-bond acceptors (Lipinski definition) is 3. The molecule has 1 aromatic rings. The van der Waals surface area contributed by atoms with Gasteiger partial charge in [0.2, 0.25) is 15.9 Å². The van der Waals surface area contributed by atoms with Crippen LogP contribution < -0.4 is 10.0 Å². The summed E-state index contributed by atoms with van der Waals surface area (Å²) in [6.45, 7) is 5.79. The third-order valence-electron chi connectivity index (χ3n) is 3.10. The van der Waals surface area contributed by atoms with Gasteiger partial charge in [-0.15, -0.1) is 0 Å². The quantitative estimate of drug-likeness (QED) is 0.766. The predicted octanol–water partition coefficient (Wildman–Crippen LogP) is 2.34. The summed E-state index contributed by atoms with van der Waals surface area (Å²) >= 11 is 3.33. The van der Waals surface area contributed by atoms with Crippen LogP contribution in [0.4, 0.5) is 0 Å². The molecular weight excluding hydrogens is 356 g/mol. The maximum absolute atomic E-state index is 12.1. The molecule has 1 aromatic carbocycles. The van der Waals surface area contributed by atoms with E-state index in [4.69, 9.17) is 0 Å². The Morgan fingerprint density at radius 1 is 1.38 bits per heavy atom. The highest BCUT2D eigenvalue weighted by molar-refractivity contribution is 9.10. The van der Waals surface area contributed by atoms with Crippen molar-refractivity contribution >= 4 is 31.9 Å². The Balaban J connectivity index is 2.57. The van der Waals surface area contributed by atoms with Gasteiger partial charge >= 0.3 is 0 Å². The number of aryl methyl sites for hydroxylation is 1. The first-order valence-corrected chi connectivity index (χ1v) is 9.09. The van der Waals surface area contributed by atoms with Gasteiger partial charge in [-0.25, -0.2) is 13.1 Å². The van der Waals surface area contributed by atoms with Crippen molar-refractivity contribution in [2.45, 2.75) is 44.6 Å². The summed E-state index contributed by atoms with van der Waals surface area (Å²) < 4.78 is 27.5. The van der Waals surface area contributed by atoms with Gasteiger partial charge in [-0.1, -0.05) is 22.9 Å². The SMILES string of the molecule is CCC(C)NC(=O)CCNS(=O)(=O)c1ccc(Br)c(C)c1. The zero-order valence-corrected chi connectivity index (χ0v) is 14.8. The molecule has 0 heterocycles. The monoisotopic (exact) mass is 376 g/mol. The van der Waals surface area contributed by atoms with E-state index in [2.05, 4.69) is 26.0 Å². The second kappa shape index (κ2) is 7.91. The second-order valence-corrected chi connectivity index (χ2v) is 7.56. The van der Waals surface area contributed by atoms with E-state index < -0.39 is 10.0 Å². The van der Waals surface area contributed by atoms with Crippen LogP contribution in [0.25, 0.3) is 0 Å². The van der Waals surface area contributed by atoms with Crippen molar-refractivity contribution in [3.63, 3.8) is 0 Å². The largest absolute Gasteiger partial charge is 0.354 e. The molecule has 0 aromatic heterocycles. The van der Waals surface area contributed by atoms with Crippen LogP contribution in [0.2, 0.25) is 0 Å². The van der Waals surface area contributed by atoms with Crippen LogP contribution in [0.5, 0.6) is 0 Å². The minimum absolute atomic E-state index is 0.0830. The van der Waals surface area contributed by atoms with Crippen molar-refractivity contribution in [2.75, 3.05) is 6.54 Å². The number of halogens is 1. The topological polar surface area (TPSA) is 75.3 Å². The molecule has 0 aliphatic heterocycles. The van der Waals surface area contributed by atoms with Crippen LogP contribution in [0.1, 0.15) is 32.3 Å². The van der Waals surface area contributed by atoms with Crippen molar-refractivity contribution in [2.24, 2.45) is 0 Å². The van der Waals surface area contributed by atoms with Crippen LogP contribution in [-0.4, -0.2) is 26.9 Å². The molecule has 0 spiro atoms. The first-order valence-electron chi connectivity index (χ1n) is 6.81. The highest BCUT2D eigenvalue weighted by atomic mass is 79.9. The van der Waals surface area contributed by atoms with Gasteiger partial charge in [-0.05, 0) is 44.0 Å². The van der Waals surface area contributed by atoms with Gasteiger partial charge in [0, 0.05) is 23.5 Å². The lowest BCUT2D eigenvalue weighted by Crippen LogP contribution is -2.35. The number of carbonyl (C=O) groups is 1. The maximum atomic E-state index is 12.1. The standard InChI is InChI=1S/C14H21BrN2O3S/c1-4-11(3)17-14(18)7-8-16-21(19,20)12-5-6-13(15)10(2)9-12/h5-6,9,11,16H,4,7-8H2,1-3H3,(H,17,18). The van der Waals surface area contributed by atoms with Crippen LogP contribution in [-0.2, 0) is 14.8 Å². The van der Waals surface area contributed by atoms with Crippen LogP contribution in [0, 0.1) is 6.92 Å². The Labute approximate surface area is 134 Å². The van der Waals surface area contributed by atoms with Gasteiger partial charge in [0.15, 0.2) is 0 Å². The molecule has 0 bridgehead atoms. The normalized spacial score (nSPS) is 13.0. The molecule has 5 nitrogen and oxygen atoms in total. The Hall–Kier alpha value is -0.920. The van der Waals surface area contributed by atoms with Crippen molar-refractivity contribution in [3.05, 3.63) is 28.2 Å². The first kappa shape index (κ1) is 18.1. The summed E-state index contributed by atoms with van der Waals surface area (Å²) in [5.74, 6) is -0.154. The van der Waals surface area contributed by atoms with Crippen molar-refractivity contribution in [3.8, 4) is 0 Å². The lowest BCUT2D eigenvalue weighted by Gasteiger charge is -2.12. The molecule has 0 saturated carbocycles. The molecule has 21 heavy (non-hydrogen) atoms. The lowest BCUT2D eigenvalue weighted by molar-refractivity contribution is -0.121. The maximum Gasteiger partial charge on any atom is 0.240 e. The summed E-state index contributed by atoms with van der Waals surface area (Å²) in [5.41, 5.74) is 0.840. The molecule has 1 rings (SSSR count). The summed E-state index contributed by atoms with van der Waals surface area (Å²) in [6, 6.07) is 4.91. The molecule has 0 fully saturated rings.